The van der Waals surface area contributed by atoms with Gasteiger partial charge in [0.25, 0.3) is 10.0 Å². The van der Waals surface area contributed by atoms with Crippen molar-refractivity contribution in [2.24, 2.45) is 0 Å². The van der Waals surface area contributed by atoms with Crippen molar-refractivity contribution in [1.82, 2.24) is 10.2 Å². The Morgan fingerprint density at radius 1 is 0.921 bits per heavy atom. The Labute approximate surface area is 232 Å². The van der Waals surface area contributed by atoms with Crippen molar-refractivity contribution in [2.75, 3.05) is 10.8 Å². The lowest BCUT2D eigenvalue weighted by molar-refractivity contribution is -0.139. The average molecular weight is 581 g/mol. The van der Waals surface area contributed by atoms with Crippen LogP contribution < -0.4 is 9.62 Å². The molecule has 0 radical (unpaired) electrons. The van der Waals surface area contributed by atoms with Crippen LogP contribution in [0.2, 0.25) is 10.0 Å². The van der Waals surface area contributed by atoms with Crippen molar-refractivity contribution in [3.05, 3.63) is 94.2 Å². The first kappa shape index (κ1) is 29.4. The molecule has 3 aromatic carbocycles. The van der Waals surface area contributed by atoms with E-state index in [1.807, 2.05) is 0 Å². The van der Waals surface area contributed by atoms with Gasteiger partial charge in [0.15, 0.2) is 0 Å². The largest absolute Gasteiger partial charge is 0.352 e. The molecule has 1 N–H and O–H groups in total. The summed E-state index contributed by atoms with van der Waals surface area (Å²) in [5, 5.41) is 3.38. The third kappa shape index (κ3) is 7.24. The van der Waals surface area contributed by atoms with Gasteiger partial charge in [-0.3, -0.25) is 13.9 Å². The SMILES string of the molecule is CC(C)NC(=O)[C@H](C)N(Cc1ccc(Cl)c(Cl)c1)C(=O)CN(c1ccc(F)cc1)S(=O)(=O)c1ccccc1. The number of carbonyl (C=O) groups is 2. The number of amides is 2. The molecule has 0 bridgehead atoms. The molecule has 0 aliphatic carbocycles. The fourth-order valence-electron chi connectivity index (χ4n) is 3.68. The number of benzene rings is 3. The van der Waals surface area contributed by atoms with Crippen LogP contribution in [0.1, 0.15) is 26.3 Å². The topological polar surface area (TPSA) is 86.8 Å². The first-order valence-corrected chi connectivity index (χ1v) is 14.0. The molecule has 11 heteroatoms. The maximum atomic E-state index is 13.8. The fraction of sp³-hybridized carbons (Fsp3) is 0.259. The summed E-state index contributed by atoms with van der Waals surface area (Å²) in [5.74, 6) is -1.61. The van der Waals surface area contributed by atoms with Gasteiger partial charge in [-0.05, 0) is 74.9 Å². The van der Waals surface area contributed by atoms with E-state index in [0.29, 0.717) is 10.6 Å². The molecule has 3 rings (SSSR count). The molecule has 0 saturated carbocycles. The predicted octanol–water partition coefficient (Wildman–Crippen LogP) is 5.27. The number of hydrogen-bond acceptors (Lipinski definition) is 4. The van der Waals surface area contributed by atoms with Gasteiger partial charge in [0.05, 0.1) is 20.6 Å². The maximum absolute atomic E-state index is 13.8. The minimum Gasteiger partial charge on any atom is -0.352 e. The van der Waals surface area contributed by atoms with E-state index in [0.717, 1.165) is 16.4 Å². The Bertz CT molecular complexity index is 1390. The number of hydrogen-bond donors (Lipinski definition) is 1. The van der Waals surface area contributed by atoms with Crippen molar-refractivity contribution in [2.45, 2.75) is 44.3 Å². The van der Waals surface area contributed by atoms with E-state index in [1.54, 1.807) is 57.2 Å². The lowest BCUT2D eigenvalue weighted by Crippen LogP contribution is -2.52. The van der Waals surface area contributed by atoms with Crippen molar-refractivity contribution >= 4 is 50.7 Å². The molecule has 0 unspecified atom stereocenters. The van der Waals surface area contributed by atoms with Gasteiger partial charge in [-0.15, -0.1) is 0 Å². The van der Waals surface area contributed by atoms with Gasteiger partial charge in [0.1, 0.15) is 18.4 Å². The highest BCUT2D eigenvalue weighted by Crippen LogP contribution is 2.26. The van der Waals surface area contributed by atoms with Crippen LogP contribution in [0.15, 0.2) is 77.7 Å². The van der Waals surface area contributed by atoms with Gasteiger partial charge in [-0.2, -0.15) is 0 Å². The Morgan fingerprint density at radius 2 is 1.55 bits per heavy atom. The molecule has 0 heterocycles. The lowest BCUT2D eigenvalue weighted by Gasteiger charge is -2.32. The number of carbonyl (C=O) groups excluding carboxylic acids is 2. The monoisotopic (exact) mass is 579 g/mol. The number of sulfonamides is 1. The number of halogens is 3. The van der Waals surface area contributed by atoms with Crippen molar-refractivity contribution in [1.29, 1.82) is 0 Å². The molecule has 7 nitrogen and oxygen atoms in total. The second-order valence-electron chi connectivity index (χ2n) is 8.91. The van der Waals surface area contributed by atoms with Crippen molar-refractivity contribution < 1.29 is 22.4 Å². The van der Waals surface area contributed by atoms with Gasteiger partial charge >= 0.3 is 0 Å². The zero-order valence-electron chi connectivity index (χ0n) is 21.1. The molecule has 0 spiro atoms. The van der Waals surface area contributed by atoms with Crippen LogP contribution in [0.4, 0.5) is 10.1 Å². The van der Waals surface area contributed by atoms with Crippen LogP contribution >= 0.6 is 23.2 Å². The van der Waals surface area contributed by atoms with E-state index in [1.165, 1.54) is 29.2 Å². The summed E-state index contributed by atoms with van der Waals surface area (Å²) in [5.41, 5.74) is 0.688. The number of nitrogens with zero attached hydrogens (tertiary/aromatic N) is 2. The molecule has 3 aromatic rings. The maximum Gasteiger partial charge on any atom is 0.264 e. The molecular weight excluding hydrogens is 552 g/mol. The lowest BCUT2D eigenvalue weighted by atomic mass is 10.1. The summed E-state index contributed by atoms with van der Waals surface area (Å²) in [7, 11) is -4.22. The van der Waals surface area contributed by atoms with Crippen molar-refractivity contribution in [3.63, 3.8) is 0 Å². The quantitative estimate of drug-likeness (QED) is 0.354. The van der Waals surface area contributed by atoms with Crippen LogP contribution in [-0.2, 0) is 26.2 Å². The summed E-state index contributed by atoms with van der Waals surface area (Å²) in [6.45, 7) is 4.46. The molecule has 38 heavy (non-hydrogen) atoms. The molecule has 2 amide bonds. The summed E-state index contributed by atoms with van der Waals surface area (Å²) in [6, 6.07) is 16.1. The summed E-state index contributed by atoms with van der Waals surface area (Å²) in [4.78, 5) is 27.9. The Morgan fingerprint density at radius 3 is 2.13 bits per heavy atom. The van der Waals surface area contributed by atoms with E-state index in [4.69, 9.17) is 23.2 Å². The van der Waals surface area contributed by atoms with E-state index < -0.39 is 40.2 Å². The van der Waals surface area contributed by atoms with E-state index in [2.05, 4.69) is 5.32 Å². The van der Waals surface area contributed by atoms with E-state index >= 15 is 0 Å². The van der Waals surface area contributed by atoms with E-state index in [9.17, 15) is 22.4 Å². The normalized spacial score (nSPS) is 12.2. The second-order valence-corrected chi connectivity index (χ2v) is 11.6. The highest BCUT2D eigenvalue weighted by Gasteiger charge is 2.32. The second kappa shape index (κ2) is 12.6. The third-order valence-corrected chi connectivity index (χ3v) is 8.19. The Balaban J connectivity index is 2.02. The minimum absolute atomic E-state index is 0.0367. The van der Waals surface area contributed by atoms with Gasteiger partial charge < -0.3 is 10.2 Å². The number of nitrogens with one attached hydrogen (secondary N) is 1. The Kier molecular flexibility index (Phi) is 9.76. The van der Waals surface area contributed by atoms with Crippen molar-refractivity contribution in [3.8, 4) is 0 Å². The van der Waals surface area contributed by atoms with Gasteiger partial charge in [-0.1, -0.05) is 47.5 Å². The van der Waals surface area contributed by atoms with E-state index in [-0.39, 0.29) is 28.2 Å². The molecule has 1 atom stereocenters. The summed E-state index contributed by atoms with van der Waals surface area (Å²) >= 11 is 12.2. The van der Waals surface area contributed by atoms with Gasteiger partial charge in [0.2, 0.25) is 11.8 Å². The number of rotatable bonds is 10. The van der Waals surface area contributed by atoms with Gasteiger partial charge in [0, 0.05) is 12.6 Å². The van der Waals surface area contributed by atoms with Crippen LogP contribution in [0.3, 0.4) is 0 Å². The van der Waals surface area contributed by atoms with Crippen LogP contribution in [0, 0.1) is 5.82 Å². The first-order valence-electron chi connectivity index (χ1n) is 11.8. The van der Waals surface area contributed by atoms with Crippen LogP contribution in [0.5, 0.6) is 0 Å². The first-order chi connectivity index (χ1) is 17.9. The molecule has 0 aliphatic heterocycles. The fourth-order valence-corrected chi connectivity index (χ4v) is 5.43. The smallest absolute Gasteiger partial charge is 0.264 e. The molecule has 0 saturated heterocycles. The highest BCUT2D eigenvalue weighted by molar-refractivity contribution is 7.92. The highest BCUT2D eigenvalue weighted by atomic mass is 35.5. The molecular formula is C27H28Cl2FN3O4S. The zero-order valence-corrected chi connectivity index (χ0v) is 23.4. The number of anilines is 1. The summed E-state index contributed by atoms with van der Waals surface area (Å²) in [6.07, 6.45) is 0. The van der Waals surface area contributed by atoms with Crippen LogP contribution in [0.25, 0.3) is 0 Å². The minimum atomic E-state index is -4.22. The van der Waals surface area contributed by atoms with Crippen LogP contribution in [-0.4, -0.2) is 43.8 Å². The molecule has 202 valence electrons. The average Bonchev–Trinajstić information content (AvgIpc) is 2.88. The molecule has 0 aromatic heterocycles. The molecule has 0 aliphatic rings. The standard InChI is InChI=1S/C27H28Cl2FN3O4S/c1-18(2)31-27(35)19(3)32(16-20-9-14-24(28)25(29)15-20)26(34)17-33(22-12-10-21(30)11-13-22)38(36,37)23-7-5-4-6-8-23/h4-15,18-19H,16-17H2,1-3H3,(H,31,35)/t19-/m0/s1. The third-order valence-electron chi connectivity index (χ3n) is 5.66. The molecule has 0 fully saturated rings. The Hall–Kier alpha value is -3.14. The van der Waals surface area contributed by atoms with Gasteiger partial charge in [-0.25, -0.2) is 12.8 Å². The summed E-state index contributed by atoms with van der Waals surface area (Å²) < 4.78 is 41.8. The predicted molar refractivity (Wildman–Crippen MR) is 147 cm³/mol. The zero-order chi connectivity index (χ0) is 28.0.